The van der Waals surface area contributed by atoms with E-state index in [1.807, 2.05) is 26.4 Å². The fourth-order valence-corrected chi connectivity index (χ4v) is 2.29. The summed E-state index contributed by atoms with van der Waals surface area (Å²) in [5, 5.41) is 13.0. The monoisotopic (exact) mass is 249 g/mol. The predicted molar refractivity (Wildman–Crippen MR) is 71.7 cm³/mol. The van der Waals surface area contributed by atoms with Crippen LogP contribution in [0.1, 0.15) is 38.8 Å². The third-order valence-electron chi connectivity index (χ3n) is 3.07. The van der Waals surface area contributed by atoms with Crippen molar-refractivity contribution in [2.75, 3.05) is 6.54 Å². The minimum absolute atomic E-state index is 0.00436. The highest BCUT2D eigenvalue weighted by molar-refractivity contribution is 5.13. The largest absolute Gasteiger partial charge is 0.326 e. The molecule has 5 heteroatoms. The molecule has 0 spiro atoms. The van der Waals surface area contributed by atoms with Gasteiger partial charge in [-0.15, -0.1) is 0 Å². The molecule has 1 heterocycles. The Morgan fingerprint density at radius 2 is 2.17 bits per heavy atom. The lowest BCUT2D eigenvalue weighted by molar-refractivity contribution is 0.139. The van der Waals surface area contributed by atoms with Gasteiger partial charge in [-0.1, -0.05) is 0 Å². The molecule has 18 heavy (non-hydrogen) atoms. The van der Waals surface area contributed by atoms with Gasteiger partial charge in [-0.05, 0) is 20.8 Å². The first-order chi connectivity index (χ1) is 8.47. The van der Waals surface area contributed by atoms with E-state index >= 15 is 0 Å². The molecule has 2 unspecified atom stereocenters. The molecular weight excluding hydrogens is 226 g/mol. The van der Waals surface area contributed by atoms with Crippen LogP contribution in [0.15, 0.2) is 12.4 Å². The molecule has 0 bridgehead atoms. The van der Waals surface area contributed by atoms with Crippen molar-refractivity contribution in [1.29, 1.82) is 5.26 Å². The number of hydrogen-bond acceptors (Lipinski definition) is 4. The third-order valence-corrected chi connectivity index (χ3v) is 3.07. The SMILES string of the molecule is CC(N)C(c1cnn(C)c1)N(CCC#N)C(C)C. The van der Waals surface area contributed by atoms with Crippen LogP contribution in [0.3, 0.4) is 0 Å². The zero-order valence-electron chi connectivity index (χ0n) is 11.7. The fourth-order valence-electron chi connectivity index (χ4n) is 2.29. The average Bonchev–Trinajstić information content (AvgIpc) is 2.69. The first kappa shape index (κ1) is 14.7. The lowest BCUT2D eigenvalue weighted by atomic mass is 10.0. The Morgan fingerprint density at radius 3 is 2.56 bits per heavy atom. The van der Waals surface area contributed by atoms with Crippen molar-refractivity contribution in [2.24, 2.45) is 12.8 Å². The topological polar surface area (TPSA) is 70.9 Å². The molecule has 0 radical (unpaired) electrons. The molecule has 0 saturated carbocycles. The van der Waals surface area contributed by atoms with E-state index in [1.54, 1.807) is 4.68 Å². The molecule has 100 valence electrons. The minimum Gasteiger partial charge on any atom is -0.326 e. The fraction of sp³-hybridized carbons (Fsp3) is 0.692. The van der Waals surface area contributed by atoms with Gasteiger partial charge >= 0.3 is 0 Å². The molecule has 1 aromatic heterocycles. The van der Waals surface area contributed by atoms with Gasteiger partial charge in [0.2, 0.25) is 0 Å². The van der Waals surface area contributed by atoms with Crippen molar-refractivity contribution in [3.8, 4) is 6.07 Å². The molecule has 5 nitrogen and oxygen atoms in total. The van der Waals surface area contributed by atoms with E-state index in [4.69, 9.17) is 11.0 Å². The number of hydrogen-bond donors (Lipinski definition) is 1. The first-order valence-corrected chi connectivity index (χ1v) is 6.34. The van der Waals surface area contributed by atoms with E-state index in [1.165, 1.54) is 0 Å². The highest BCUT2D eigenvalue weighted by Crippen LogP contribution is 2.25. The molecule has 0 fully saturated rings. The molecule has 0 saturated heterocycles. The van der Waals surface area contributed by atoms with Crippen LogP contribution in [0.2, 0.25) is 0 Å². The van der Waals surface area contributed by atoms with Gasteiger partial charge in [0.25, 0.3) is 0 Å². The summed E-state index contributed by atoms with van der Waals surface area (Å²) in [6, 6.07) is 2.64. The van der Waals surface area contributed by atoms with Crippen LogP contribution in [-0.2, 0) is 7.05 Å². The molecule has 0 aromatic carbocycles. The second-order valence-corrected chi connectivity index (χ2v) is 4.99. The summed E-state index contributed by atoms with van der Waals surface area (Å²) in [6.07, 6.45) is 4.37. The van der Waals surface area contributed by atoms with Gasteiger partial charge < -0.3 is 5.73 Å². The van der Waals surface area contributed by atoms with Crippen LogP contribution in [0.25, 0.3) is 0 Å². The Morgan fingerprint density at radius 1 is 1.50 bits per heavy atom. The Balaban J connectivity index is 2.97. The van der Waals surface area contributed by atoms with E-state index in [-0.39, 0.29) is 12.1 Å². The lowest BCUT2D eigenvalue weighted by Gasteiger charge is -2.36. The molecule has 0 aliphatic rings. The summed E-state index contributed by atoms with van der Waals surface area (Å²) in [4.78, 5) is 2.27. The summed E-state index contributed by atoms with van der Waals surface area (Å²) >= 11 is 0. The lowest BCUT2D eigenvalue weighted by Crippen LogP contribution is -2.43. The van der Waals surface area contributed by atoms with Crippen LogP contribution >= 0.6 is 0 Å². The van der Waals surface area contributed by atoms with Crippen LogP contribution in [0.5, 0.6) is 0 Å². The molecular formula is C13H23N5. The van der Waals surface area contributed by atoms with Gasteiger partial charge in [0.1, 0.15) is 0 Å². The maximum absolute atomic E-state index is 8.77. The number of nitrogens with two attached hydrogens (primary N) is 1. The standard InChI is InChI=1S/C13H23N5/c1-10(2)18(7-5-6-14)13(11(3)15)12-8-16-17(4)9-12/h8-11,13H,5,7,15H2,1-4H3. The maximum Gasteiger partial charge on any atom is 0.0635 e. The van der Waals surface area contributed by atoms with Gasteiger partial charge in [0.05, 0.1) is 18.3 Å². The van der Waals surface area contributed by atoms with Crippen LogP contribution in [0.4, 0.5) is 0 Å². The summed E-state index contributed by atoms with van der Waals surface area (Å²) in [5.41, 5.74) is 7.24. The number of nitrogens with zero attached hydrogens (tertiary/aromatic N) is 4. The van der Waals surface area contributed by atoms with E-state index in [9.17, 15) is 0 Å². The molecule has 0 aliphatic carbocycles. The molecule has 1 aromatic rings. The number of nitriles is 1. The summed E-state index contributed by atoms with van der Waals surface area (Å²) in [6.45, 7) is 6.99. The Bertz CT molecular complexity index is 402. The molecule has 1 rings (SSSR count). The first-order valence-electron chi connectivity index (χ1n) is 6.34. The smallest absolute Gasteiger partial charge is 0.0635 e. The predicted octanol–water partition coefficient (Wildman–Crippen LogP) is 1.43. The van der Waals surface area contributed by atoms with Gasteiger partial charge in [-0.25, -0.2) is 0 Å². The highest BCUT2D eigenvalue weighted by atomic mass is 15.3. The normalized spacial score (nSPS) is 14.8. The van der Waals surface area contributed by atoms with Gasteiger partial charge in [0.15, 0.2) is 0 Å². The van der Waals surface area contributed by atoms with Crippen LogP contribution in [0, 0.1) is 11.3 Å². The number of aryl methyl sites for hydroxylation is 1. The van der Waals surface area contributed by atoms with Crippen molar-refractivity contribution in [3.05, 3.63) is 18.0 Å². The third kappa shape index (κ3) is 3.56. The van der Waals surface area contributed by atoms with Crippen molar-refractivity contribution in [3.63, 3.8) is 0 Å². The molecule has 0 amide bonds. The Labute approximate surface area is 109 Å². The molecule has 2 atom stereocenters. The maximum atomic E-state index is 8.77. The highest BCUT2D eigenvalue weighted by Gasteiger charge is 2.26. The van der Waals surface area contributed by atoms with Gasteiger partial charge in [-0.2, -0.15) is 10.4 Å². The Kier molecular flexibility index (Phi) is 5.32. The van der Waals surface area contributed by atoms with Crippen molar-refractivity contribution < 1.29 is 0 Å². The van der Waals surface area contributed by atoms with Gasteiger partial charge in [0, 0.05) is 43.9 Å². The second kappa shape index (κ2) is 6.53. The number of rotatable bonds is 6. The van der Waals surface area contributed by atoms with Crippen LogP contribution < -0.4 is 5.73 Å². The summed E-state index contributed by atoms with van der Waals surface area (Å²) < 4.78 is 1.79. The van der Waals surface area contributed by atoms with E-state index in [0.717, 1.165) is 12.1 Å². The molecule has 0 aliphatic heterocycles. The van der Waals surface area contributed by atoms with E-state index in [2.05, 4.69) is 29.9 Å². The van der Waals surface area contributed by atoms with Crippen LogP contribution in [-0.4, -0.2) is 33.3 Å². The summed E-state index contributed by atoms with van der Waals surface area (Å²) in [7, 11) is 1.90. The van der Waals surface area contributed by atoms with E-state index < -0.39 is 0 Å². The summed E-state index contributed by atoms with van der Waals surface area (Å²) in [5.74, 6) is 0. The minimum atomic E-state index is -0.00436. The zero-order valence-corrected chi connectivity index (χ0v) is 11.7. The molecule has 2 N–H and O–H groups in total. The Hall–Kier alpha value is -1.38. The van der Waals surface area contributed by atoms with Crippen molar-refractivity contribution in [1.82, 2.24) is 14.7 Å². The second-order valence-electron chi connectivity index (χ2n) is 4.99. The quantitative estimate of drug-likeness (QED) is 0.828. The van der Waals surface area contributed by atoms with Crippen molar-refractivity contribution in [2.45, 2.75) is 45.3 Å². The average molecular weight is 249 g/mol. The van der Waals surface area contributed by atoms with Gasteiger partial charge in [-0.3, -0.25) is 9.58 Å². The number of aromatic nitrogens is 2. The zero-order chi connectivity index (χ0) is 13.7. The van der Waals surface area contributed by atoms with E-state index in [0.29, 0.717) is 12.5 Å². The van der Waals surface area contributed by atoms with Crippen molar-refractivity contribution >= 4 is 0 Å².